The Bertz CT molecular complexity index is 1590. The number of thioether (sulfide) groups is 1. The van der Waals surface area contributed by atoms with E-state index in [2.05, 4.69) is 20.5 Å². The Morgan fingerprint density at radius 1 is 1.03 bits per heavy atom. The fraction of sp³-hybridized carbons (Fsp3) is 0.138. The van der Waals surface area contributed by atoms with Gasteiger partial charge >= 0.3 is 6.18 Å². The molecule has 2 aromatic carbocycles. The number of nitrogens with zero attached hydrogens (tertiary/aromatic N) is 3. The van der Waals surface area contributed by atoms with E-state index in [4.69, 9.17) is 0 Å². The van der Waals surface area contributed by atoms with Crippen LogP contribution in [0.4, 0.5) is 18.9 Å². The van der Waals surface area contributed by atoms with Crippen molar-refractivity contribution in [2.45, 2.75) is 24.0 Å². The van der Waals surface area contributed by atoms with E-state index < -0.39 is 11.7 Å². The summed E-state index contributed by atoms with van der Waals surface area (Å²) in [6.45, 7) is 0.0927. The van der Waals surface area contributed by atoms with Crippen molar-refractivity contribution in [1.29, 1.82) is 0 Å². The zero-order valence-electron chi connectivity index (χ0n) is 20.7. The highest BCUT2D eigenvalue weighted by molar-refractivity contribution is 7.99. The second-order valence-electron chi connectivity index (χ2n) is 8.78. The summed E-state index contributed by atoms with van der Waals surface area (Å²) >= 11 is 1.49. The van der Waals surface area contributed by atoms with Gasteiger partial charge in [0.25, 0.3) is 0 Å². The first kappa shape index (κ1) is 26.3. The normalized spacial score (nSPS) is 11.9. The van der Waals surface area contributed by atoms with Crippen LogP contribution in [0.15, 0.2) is 90.2 Å². The molecule has 2 N–H and O–H groups in total. The van der Waals surface area contributed by atoms with Crippen LogP contribution in [0.5, 0.6) is 0 Å². The van der Waals surface area contributed by atoms with Gasteiger partial charge in [-0.1, -0.05) is 12.1 Å². The van der Waals surface area contributed by atoms with Crippen LogP contribution in [0.2, 0.25) is 0 Å². The first-order chi connectivity index (χ1) is 18.8. The summed E-state index contributed by atoms with van der Waals surface area (Å²) in [4.78, 5) is 17.7. The first-order valence-corrected chi connectivity index (χ1v) is 13.1. The molecule has 3 aromatic heterocycles. The molecule has 0 bridgehead atoms. The van der Waals surface area contributed by atoms with E-state index >= 15 is 0 Å². The van der Waals surface area contributed by atoms with Crippen LogP contribution in [-0.2, 0) is 17.5 Å². The fourth-order valence-corrected chi connectivity index (χ4v) is 4.98. The lowest BCUT2D eigenvalue weighted by Crippen LogP contribution is -2.15. The third-order valence-electron chi connectivity index (χ3n) is 5.98. The molecule has 0 aliphatic rings. The van der Waals surface area contributed by atoms with Crippen molar-refractivity contribution in [2.24, 2.45) is 0 Å². The molecule has 0 spiro atoms. The molecule has 0 aliphatic carbocycles. The molecular weight excluding hydrogens is 523 g/mol. The van der Waals surface area contributed by atoms with Gasteiger partial charge in [0.05, 0.1) is 22.5 Å². The van der Waals surface area contributed by atoms with Gasteiger partial charge in [0.15, 0.2) is 0 Å². The third kappa shape index (κ3) is 6.77. The Morgan fingerprint density at radius 2 is 1.87 bits per heavy atom. The van der Waals surface area contributed by atoms with Crippen LogP contribution < -0.4 is 5.32 Å². The summed E-state index contributed by atoms with van der Waals surface area (Å²) in [6.07, 6.45) is 4.55. The number of carbonyl (C=O) groups excluding carboxylic acids is 1. The first-order valence-electron chi connectivity index (χ1n) is 12.2. The van der Waals surface area contributed by atoms with E-state index in [1.807, 2.05) is 48.6 Å². The highest BCUT2D eigenvalue weighted by Gasteiger charge is 2.33. The van der Waals surface area contributed by atoms with Gasteiger partial charge in [0.1, 0.15) is 0 Å². The highest BCUT2D eigenvalue weighted by atomic mass is 32.2. The molecule has 5 rings (SSSR count). The Morgan fingerprint density at radius 3 is 2.64 bits per heavy atom. The van der Waals surface area contributed by atoms with Gasteiger partial charge in [-0.15, -0.1) is 11.8 Å². The van der Waals surface area contributed by atoms with Gasteiger partial charge in [-0.25, -0.2) is 0 Å². The lowest BCUT2D eigenvalue weighted by Gasteiger charge is -2.15. The summed E-state index contributed by atoms with van der Waals surface area (Å²) < 4.78 is 42.7. The number of anilines is 1. The molecule has 0 fully saturated rings. The number of nitrogens with one attached hydrogen (secondary N) is 2. The SMILES string of the molecule is O=C(CCSc1ccc2c(/C=C/c3ccccn3)n[nH]c2c1)Nc1ccc(Cn2cccc2)c(C(F)(F)F)c1. The molecule has 39 heavy (non-hydrogen) atoms. The van der Waals surface area contributed by atoms with Crippen molar-refractivity contribution in [3.63, 3.8) is 0 Å². The minimum Gasteiger partial charge on any atom is -0.350 e. The predicted molar refractivity (Wildman–Crippen MR) is 148 cm³/mol. The van der Waals surface area contributed by atoms with Crippen LogP contribution in [0.1, 0.15) is 28.9 Å². The Labute approximate surface area is 227 Å². The van der Waals surface area contributed by atoms with Gasteiger partial charge in [-0.2, -0.15) is 18.3 Å². The third-order valence-corrected chi connectivity index (χ3v) is 6.98. The minimum atomic E-state index is -4.53. The Balaban J connectivity index is 1.17. The number of halogens is 3. The lowest BCUT2D eigenvalue weighted by atomic mass is 10.1. The number of benzene rings is 2. The molecule has 6 nitrogen and oxygen atoms in total. The number of aromatic nitrogens is 4. The van der Waals surface area contributed by atoms with Crippen molar-refractivity contribution in [2.75, 3.05) is 11.1 Å². The molecule has 0 saturated carbocycles. The maximum atomic E-state index is 13.7. The molecular formula is C29H24F3N5OS. The fourth-order valence-electron chi connectivity index (χ4n) is 4.09. The summed E-state index contributed by atoms with van der Waals surface area (Å²) in [6, 6.07) is 19.0. The number of amides is 1. The quantitative estimate of drug-likeness (QED) is 0.193. The van der Waals surface area contributed by atoms with Crippen molar-refractivity contribution in [1.82, 2.24) is 19.7 Å². The molecule has 5 aromatic rings. The Kier molecular flexibility index (Phi) is 7.83. The maximum absolute atomic E-state index is 13.7. The van der Waals surface area contributed by atoms with Crippen LogP contribution in [0.3, 0.4) is 0 Å². The second kappa shape index (κ2) is 11.6. The van der Waals surface area contributed by atoms with Gasteiger partial charge in [-0.3, -0.25) is 14.9 Å². The number of carbonyl (C=O) groups is 1. The topological polar surface area (TPSA) is 75.6 Å². The van der Waals surface area contributed by atoms with Gasteiger partial charge in [0, 0.05) is 53.3 Å². The largest absolute Gasteiger partial charge is 0.416 e. The van der Waals surface area contributed by atoms with E-state index in [-0.39, 0.29) is 30.1 Å². The van der Waals surface area contributed by atoms with E-state index in [0.717, 1.165) is 33.3 Å². The number of fused-ring (bicyclic) bond motifs is 1. The molecule has 3 heterocycles. The zero-order chi connectivity index (χ0) is 27.2. The van der Waals surface area contributed by atoms with Crippen LogP contribution in [0, 0.1) is 0 Å². The molecule has 0 unspecified atom stereocenters. The number of pyridine rings is 1. The molecule has 0 aliphatic heterocycles. The molecule has 1 amide bonds. The van der Waals surface area contributed by atoms with Crippen LogP contribution in [-0.4, -0.2) is 31.4 Å². The highest BCUT2D eigenvalue weighted by Crippen LogP contribution is 2.34. The standard InChI is InChI=1S/C29H24F3N5OS/c30-29(31,32)25-17-22(7-6-20(25)19-37-14-3-4-15-37)34-28(38)12-16-39-23-9-10-24-26(35-36-27(24)18-23)11-8-21-5-1-2-13-33-21/h1-11,13-15,17-18H,12,16,19H2,(H,34,38)(H,35,36)/b11-8+. The van der Waals surface area contributed by atoms with Crippen molar-refractivity contribution < 1.29 is 18.0 Å². The summed E-state index contributed by atoms with van der Waals surface area (Å²) in [5, 5.41) is 11.0. The number of aromatic amines is 1. The van der Waals surface area contributed by atoms with Crippen molar-refractivity contribution in [3.05, 3.63) is 108 Å². The average Bonchev–Trinajstić information content (AvgIpc) is 3.58. The molecule has 198 valence electrons. The van der Waals surface area contributed by atoms with E-state index in [9.17, 15) is 18.0 Å². The molecule has 0 atom stereocenters. The van der Waals surface area contributed by atoms with Crippen LogP contribution in [0.25, 0.3) is 23.1 Å². The van der Waals surface area contributed by atoms with Crippen molar-refractivity contribution in [3.8, 4) is 0 Å². The summed E-state index contributed by atoms with van der Waals surface area (Å²) in [7, 11) is 0. The van der Waals surface area contributed by atoms with Gasteiger partial charge < -0.3 is 9.88 Å². The maximum Gasteiger partial charge on any atom is 0.416 e. The van der Waals surface area contributed by atoms with Gasteiger partial charge in [-0.05, 0) is 72.3 Å². The number of alkyl halides is 3. The van der Waals surface area contributed by atoms with Crippen LogP contribution >= 0.6 is 11.8 Å². The molecule has 0 saturated heterocycles. The average molecular weight is 548 g/mol. The number of hydrogen-bond donors (Lipinski definition) is 2. The molecule has 10 heteroatoms. The summed E-state index contributed by atoms with van der Waals surface area (Å²) in [5.41, 5.74) is 2.00. The van der Waals surface area contributed by atoms with E-state index in [1.165, 1.54) is 23.9 Å². The Hall–Kier alpha value is -4.31. The van der Waals surface area contributed by atoms with E-state index in [0.29, 0.717) is 5.75 Å². The summed E-state index contributed by atoms with van der Waals surface area (Å²) in [5.74, 6) is 0.119. The number of H-pyrrole nitrogens is 1. The second-order valence-corrected chi connectivity index (χ2v) is 9.94. The monoisotopic (exact) mass is 547 g/mol. The number of hydrogen-bond acceptors (Lipinski definition) is 4. The predicted octanol–water partition coefficient (Wildman–Crippen LogP) is 7.12. The van der Waals surface area contributed by atoms with Gasteiger partial charge in [0.2, 0.25) is 5.91 Å². The number of rotatable bonds is 9. The smallest absolute Gasteiger partial charge is 0.350 e. The zero-order valence-corrected chi connectivity index (χ0v) is 21.5. The van der Waals surface area contributed by atoms with E-state index in [1.54, 1.807) is 35.3 Å². The molecule has 0 radical (unpaired) electrons. The lowest BCUT2D eigenvalue weighted by molar-refractivity contribution is -0.138. The van der Waals surface area contributed by atoms with Crippen molar-refractivity contribution >= 4 is 46.4 Å². The minimum absolute atomic E-state index is 0.0927.